The molecule has 0 bridgehead atoms. The maximum absolute atomic E-state index is 13.6. The van der Waals surface area contributed by atoms with Gasteiger partial charge in [-0.1, -0.05) is 0 Å². The molecule has 3 aromatic rings. The third kappa shape index (κ3) is 3.79. The SMILES string of the molecule is Cc1cn2nc([C@@H]3CCCCN3C(=O)c3ccc4c(c3)OCCO4)cc2nc1C1CC[C@H](N)C1. The van der Waals surface area contributed by atoms with Gasteiger partial charge < -0.3 is 20.1 Å². The summed E-state index contributed by atoms with van der Waals surface area (Å²) in [5.41, 5.74) is 10.8. The average Bonchev–Trinajstić information content (AvgIpc) is 3.48. The third-order valence-corrected chi connectivity index (χ3v) is 7.44. The number of piperidine rings is 1. The van der Waals surface area contributed by atoms with E-state index < -0.39 is 0 Å². The molecule has 2 N–H and O–H groups in total. The van der Waals surface area contributed by atoms with Crippen molar-refractivity contribution in [3.05, 3.63) is 53.0 Å². The number of fused-ring (bicyclic) bond motifs is 2. The summed E-state index contributed by atoms with van der Waals surface area (Å²) >= 11 is 0. The van der Waals surface area contributed by atoms with Gasteiger partial charge in [0.25, 0.3) is 5.91 Å². The van der Waals surface area contributed by atoms with E-state index in [-0.39, 0.29) is 18.0 Å². The van der Waals surface area contributed by atoms with Gasteiger partial charge in [-0.2, -0.15) is 5.10 Å². The van der Waals surface area contributed by atoms with Crippen molar-refractivity contribution >= 4 is 11.6 Å². The Morgan fingerprint density at radius 3 is 2.76 bits per heavy atom. The predicted octanol–water partition coefficient (Wildman–Crippen LogP) is 3.77. The van der Waals surface area contributed by atoms with Gasteiger partial charge in [0.2, 0.25) is 0 Å². The van der Waals surface area contributed by atoms with Crippen LogP contribution in [0.1, 0.15) is 77.8 Å². The van der Waals surface area contributed by atoms with Gasteiger partial charge in [0.05, 0.1) is 17.4 Å². The zero-order valence-corrected chi connectivity index (χ0v) is 19.6. The summed E-state index contributed by atoms with van der Waals surface area (Å²) in [6.45, 7) is 3.85. The number of ether oxygens (including phenoxy) is 2. The van der Waals surface area contributed by atoms with Crippen LogP contribution in [0.4, 0.5) is 0 Å². The van der Waals surface area contributed by atoms with Gasteiger partial charge in [0, 0.05) is 36.3 Å². The summed E-state index contributed by atoms with van der Waals surface area (Å²) in [5.74, 6) is 1.75. The molecule has 1 aromatic carbocycles. The van der Waals surface area contributed by atoms with E-state index in [1.807, 2.05) is 21.5 Å². The first-order chi connectivity index (χ1) is 16.6. The lowest BCUT2D eigenvalue weighted by molar-refractivity contribution is 0.0604. The van der Waals surface area contributed by atoms with Crippen molar-refractivity contribution in [2.75, 3.05) is 19.8 Å². The highest BCUT2D eigenvalue weighted by Gasteiger charge is 2.32. The van der Waals surface area contributed by atoms with Crippen LogP contribution in [-0.4, -0.2) is 51.2 Å². The number of hydrogen-bond acceptors (Lipinski definition) is 6. The van der Waals surface area contributed by atoms with Crippen LogP contribution in [0.3, 0.4) is 0 Å². The zero-order chi connectivity index (χ0) is 23.2. The molecule has 3 aliphatic rings. The number of nitrogens with two attached hydrogens (primary N) is 1. The van der Waals surface area contributed by atoms with Crippen molar-refractivity contribution in [3.63, 3.8) is 0 Å². The van der Waals surface area contributed by atoms with E-state index in [4.69, 9.17) is 25.3 Å². The number of aryl methyl sites for hydroxylation is 1. The van der Waals surface area contributed by atoms with Crippen molar-refractivity contribution < 1.29 is 14.3 Å². The summed E-state index contributed by atoms with van der Waals surface area (Å²) in [6.07, 6.45) is 8.16. The maximum atomic E-state index is 13.6. The zero-order valence-electron chi connectivity index (χ0n) is 19.6. The number of aromatic nitrogens is 3. The van der Waals surface area contributed by atoms with Gasteiger partial charge in [0.1, 0.15) is 13.2 Å². The smallest absolute Gasteiger partial charge is 0.254 e. The second-order valence-corrected chi connectivity index (χ2v) is 9.82. The van der Waals surface area contributed by atoms with E-state index in [0.717, 1.165) is 61.1 Å². The highest BCUT2D eigenvalue weighted by molar-refractivity contribution is 5.95. The molecule has 8 nitrogen and oxygen atoms in total. The molecule has 2 aliphatic heterocycles. The minimum Gasteiger partial charge on any atom is -0.486 e. The lowest BCUT2D eigenvalue weighted by Gasteiger charge is -2.35. The van der Waals surface area contributed by atoms with Crippen LogP contribution in [0.5, 0.6) is 11.5 Å². The largest absolute Gasteiger partial charge is 0.486 e. The Morgan fingerprint density at radius 1 is 1.09 bits per heavy atom. The number of amides is 1. The van der Waals surface area contributed by atoms with Crippen LogP contribution in [0.15, 0.2) is 30.5 Å². The Balaban J connectivity index is 1.30. The first-order valence-electron chi connectivity index (χ1n) is 12.4. The van der Waals surface area contributed by atoms with Crippen molar-refractivity contribution in [2.45, 2.75) is 63.5 Å². The number of benzene rings is 1. The predicted molar refractivity (Wildman–Crippen MR) is 127 cm³/mol. The fourth-order valence-corrected chi connectivity index (χ4v) is 5.71. The molecule has 8 heteroatoms. The number of carbonyl (C=O) groups excluding carboxylic acids is 1. The van der Waals surface area contributed by atoms with E-state index in [0.29, 0.717) is 42.7 Å². The Kier molecular flexibility index (Phi) is 5.40. The molecule has 178 valence electrons. The number of hydrogen-bond donors (Lipinski definition) is 1. The molecule has 2 aromatic heterocycles. The molecule has 0 spiro atoms. The standard InChI is InChI=1S/C26H31N5O3/c1-16-15-31-24(28-25(16)17-5-7-19(27)12-17)14-20(29-31)21-4-2-3-9-30(21)26(32)18-6-8-22-23(13-18)34-11-10-33-22/h6,8,13-15,17,19,21H,2-5,7,9-12,27H2,1H3/t17?,19-,21-/m0/s1. The molecule has 1 unspecified atom stereocenters. The van der Waals surface area contributed by atoms with Crippen LogP contribution in [0.25, 0.3) is 5.65 Å². The molecule has 0 radical (unpaired) electrons. The van der Waals surface area contributed by atoms with Crippen molar-refractivity contribution in [1.82, 2.24) is 19.5 Å². The van der Waals surface area contributed by atoms with Gasteiger partial charge >= 0.3 is 0 Å². The number of carbonyl (C=O) groups is 1. The van der Waals surface area contributed by atoms with Gasteiger partial charge in [-0.05, 0) is 69.2 Å². The molecule has 2 fully saturated rings. The minimum atomic E-state index is -0.0696. The van der Waals surface area contributed by atoms with Crippen molar-refractivity contribution in [3.8, 4) is 11.5 Å². The van der Waals surface area contributed by atoms with Gasteiger partial charge in [0.15, 0.2) is 17.1 Å². The molecule has 4 heterocycles. The summed E-state index contributed by atoms with van der Waals surface area (Å²) in [5, 5.41) is 4.87. The number of rotatable bonds is 3. The Labute approximate surface area is 199 Å². The molecule has 6 rings (SSSR count). The molecule has 1 saturated carbocycles. The summed E-state index contributed by atoms with van der Waals surface area (Å²) < 4.78 is 13.2. The highest BCUT2D eigenvalue weighted by Crippen LogP contribution is 2.37. The first-order valence-corrected chi connectivity index (χ1v) is 12.4. The van der Waals surface area contributed by atoms with Crippen molar-refractivity contribution in [2.24, 2.45) is 5.73 Å². The molecular weight excluding hydrogens is 430 g/mol. The van der Waals surface area contributed by atoms with Gasteiger partial charge in [-0.3, -0.25) is 4.79 Å². The minimum absolute atomic E-state index is 0.00324. The summed E-state index contributed by atoms with van der Waals surface area (Å²) in [7, 11) is 0. The lowest BCUT2D eigenvalue weighted by atomic mass is 9.98. The second kappa shape index (κ2) is 8.58. The van der Waals surface area contributed by atoms with Crippen LogP contribution >= 0.6 is 0 Å². The van der Waals surface area contributed by atoms with Gasteiger partial charge in [-0.25, -0.2) is 9.50 Å². The van der Waals surface area contributed by atoms with E-state index in [9.17, 15) is 4.79 Å². The molecule has 34 heavy (non-hydrogen) atoms. The van der Waals surface area contributed by atoms with Crippen LogP contribution in [-0.2, 0) is 0 Å². The van der Waals surface area contributed by atoms with Crippen LogP contribution in [0, 0.1) is 6.92 Å². The van der Waals surface area contributed by atoms with Crippen LogP contribution in [0.2, 0.25) is 0 Å². The second-order valence-electron chi connectivity index (χ2n) is 9.82. The van der Waals surface area contributed by atoms with E-state index in [1.165, 1.54) is 0 Å². The maximum Gasteiger partial charge on any atom is 0.254 e. The van der Waals surface area contributed by atoms with Gasteiger partial charge in [-0.15, -0.1) is 0 Å². The molecular formula is C26H31N5O3. The summed E-state index contributed by atoms with van der Waals surface area (Å²) in [4.78, 5) is 20.5. The third-order valence-electron chi connectivity index (χ3n) is 7.44. The molecule has 1 amide bonds. The Hall–Kier alpha value is -3.13. The quantitative estimate of drug-likeness (QED) is 0.638. The number of nitrogens with zero attached hydrogens (tertiary/aromatic N) is 4. The van der Waals surface area contributed by atoms with E-state index in [2.05, 4.69) is 19.2 Å². The van der Waals surface area contributed by atoms with E-state index >= 15 is 0 Å². The first kappa shape index (κ1) is 21.4. The topological polar surface area (TPSA) is 95.0 Å². The lowest BCUT2D eigenvalue weighted by Crippen LogP contribution is -2.38. The fraction of sp³-hybridized carbons (Fsp3) is 0.500. The Morgan fingerprint density at radius 2 is 1.94 bits per heavy atom. The van der Waals surface area contributed by atoms with Crippen molar-refractivity contribution in [1.29, 1.82) is 0 Å². The average molecular weight is 462 g/mol. The monoisotopic (exact) mass is 461 g/mol. The molecule has 3 atom stereocenters. The van der Waals surface area contributed by atoms with Crippen LogP contribution < -0.4 is 15.2 Å². The molecule has 1 saturated heterocycles. The molecule has 1 aliphatic carbocycles. The summed E-state index contributed by atoms with van der Waals surface area (Å²) in [6, 6.07) is 7.71. The highest BCUT2D eigenvalue weighted by atomic mass is 16.6. The fourth-order valence-electron chi connectivity index (χ4n) is 5.71. The number of likely N-dealkylation sites (tertiary alicyclic amines) is 1. The Bertz CT molecular complexity index is 1240. The van der Waals surface area contributed by atoms with E-state index in [1.54, 1.807) is 6.07 Å². The normalized spacial score (nSPS) is 24.5.